The summed E-state index contributed by atoms with van der Waals surface area (Å²) in [5.41, 5.74) is -1.30. The van der Waals surface area contributed by atoms with Gasteiger partial charge in [-0.1, -0.05) is 32.9 Å². The summed E-state index contributed by atoms with van der Waals surface area (Å²) in [7, 11) is 0. The third-order valence-corrected chi connectivity index (χ3v) is 4.04. The Bertz CT molecular complexity index is 991. The van der Waals surface area contributed by atoms with Gasteiger partial charge in [-0.05, 0) is 58.6 Å². The Morgan fingerprint density at radius 2 is 1.39 bits per heavy atom. The zero-order chi connectivity index (χ0) is 23.9. The molecule has 170 valence electrons. The van der Waals surface area contributed by atoms with E-state index in [1.807, 2.05) is 26.8 Å². The zero-order valence-electron chi connectivity index (χ0n) is 19.6. The molecule has 0 saturated carbocycles. The Kier molecular flexibility index (Phi) is 6.13. The van der Waals surface area contributed by atoms with Crippen LogP contribution in [-0.2, 0) is 14.9 Å². The maximum atomic E-state index is 13.1. The lowest BCUT2D eigenvalue weighted by Crippen LogP contribution is -2.44. The molecule has 2 rings (SSSR count). The van der Waals surface area contributed by atoms with Gasteiger partial charge in [0, 0.05) is 5.39 Å². The summed E-state index contributed by atoms with van der Waals surface area (Å²) in [5.74, 6) is -0.161. The number of fused-ring (bicyclic) bond motifs is 1. The Labute approximate surface area is 181 Å². The highest BCUT2D eigenvalue weighted by molar-refractivity contribution is 6.15. The van der Waals surface area contributed by atoms with Gasteiger partial charge in [-0.2, -0.15) is 9.58 Å². The van der Waals surface area contributed by atoms with Gasteiger partial charge in [0.15, 0.2) is 5.82 Å². The van der Waals surface area contributed by atoms with Gasteiger partial charge in [0.05, 0.1) is 5.52 Å². The van der Waals surface area contributed by atoms with Crippen molar-refractivity contribution in [2.45, 2.75) is 78.9 Å². The summed E-state index contributed by atoms with van der Waals surface area (Å²) < 4.78 is 11.6. The number of carbonyl (C=O) groups excluding carboxylic acids is 2. The van der Waals surface area contributed by atoms with E-state index in [1.54, 1.807) is 53.7 Å². The van der Waals surface area contributed by atoms with Crippen LogP contribution < -0.4 is 4.90 Å². The highest BCUT2D eigenvalue weighted by Crippen LogP contribution is 2.37. The number of aromatic nitrogens is 2. The van der Waals surface area contributed by atoms with Crippen LogP contribution in [0.15, 0.2) is 18.2 Å². The molecule has 1 heterocycles. The van der Waals surface area contributed by atoms with E-state index in [2.05, 4.69) is 5.10 Å². The molecule has 1 aromatic carbocycles. The van der Waals surface area contributed by atoms with Crippen molar-refractivity contribution in [2.24, 2.45) is 0 Å². The van der Waals surface area contributed by atoms with Gasteiger partial charge in [-0.3, -0.25) is 0 Å². The fourth-order valence-corrected chi connectivity index (χ4v) is 2.94. The molecule has 2 aromatic rings. The monoisotopic (exact) mass is 433 g/mol. The predicted octanol–water partition coefficient (Wildman–Crippen LogP) is 5.54. The summed E-state index contributed by atoms with van der Waals surface area (Å²) in [5, 5.41) is 14.1. The molecule has 0 bridgehead atoms. The lowest BCUT2D eigenvalue weighted by atomic mass is 9.84. The SMILES string of the molecule is CC(C)(C)OC(=O)N(C(=O)OC(C)(C)C)c1nn(C(=O)O)c2cccc(C(C)(C)C)c12. The first-order valence-electron chi connectivity index (χ1n) is 9.94. The van der Waals surface area contributed by atoms with Gasteiger partial charge >= 0.3 is 18.3 Å². The van der Waals surface area contributed by atoms with Crippen molar-refractivity contribution in [3.05, 3.63) is 23.8 Å². The number of amides is 2. The maximum absolute atomic E-state index is 13.1. The number of anilines is 1. The standard InChI is InChI=1S/C22H31N3O6/c1-20(2,3)13-11-10-12-14-15(13)16(23-25(14)17(26)27)24(18(28)30-21(4,5)6)19(29)31-22(7,8)9/h10-12H,1-9H3,(H,26,27). The van der Waals surface area contributed by atoms with Gasteiger partial charge in [-0.15, -0.1) is 5.10 Å². The first-order chi connectivity index (χ1) is 13.9. The van der Waals surface area contributed by atoms with E-state index in [0.29, 0.717) is 15.8 Å². The van der Waals surface area contributed by atoms with Crippen LogP contribution in [0.3, 0.4) is 0 Å². The summed E-state index contributed by atoms with van der Waals surface area (Å²) in [6, 6.07) is 5.08. The van der Waals surface area contributed by atoms with Gasteiger partial charge < -0.3 is 14.6 Å². The van der Waals surface area contributed by atoms with Crippen LogP contribution >= 0.6 is 0 Å². The number of rotatable bonds is 1. The Hall–Kier alpha value is -3.10. The number of ether oxygens (including phenoxy) is 2. The first kappa shape index (κ1) is 24.2. The quantitative estimate of drug-likeness (QED) is 0.629. The van der Waals surface area contributed by atoms with Crippen LogP contribution in [-0.4, -0.2) is 44.4 Å². The third kappa shape index (κ3) is 5.53. The maximum Gasteiger partial charge on any atom is 0.432 e. The van der Waals surface area contributed by atoms with Gasteiger partial charge in [0.1, 0.15) is 11.2 Å². The summed E-state index contributed by atoms with van der Waals surface area (Å²) in [6.45, 7) is 15.8. The molecule has 0 aliphatic rings. The van der Waals surface area contributed by atoms with Crippen molar-refractivity contribution < 1.29 is 29.0 Å². The molecule has 0 radical (unpaired) electrons. The van der Waals surface area contributed by atoms with Gasteiger partial charge in [0.2, 0.25) is 0 Å². The second-order valence-corrected chi connectivity index (χ2v) is 10.3. The van der Waals surface area contributed by atoms with Crippen LogP contribution in [0, 0.1) is 0 Å². The van der Waals surface area contributed by atoms with E-state index < -0.39 is 34.9 Å². The summed E-state index contributed by atoms with van der Waals surface area (Å²) >= 11 is 0. The zero-order valence-corrected chi connectivity index (χ0v) is 19.6. The predicted molar refractivity (Wildman–Crippen MR) is 117 cm³/mol. The number of hydrogen-bond donors (Lipinski definition) is 1. The van der Waals surface area contributed by atoms with Crippen LogP contribution in [0.5, 0.6) is 0 Å². The molecule has 1 aromatic heterocycles. The van der Waals surface area contributed by atoms with Crippen LogP contribution in [0.1, 0.15) is 67.9 Å². The van der Waals surface area contributed by atoms with Gasteiger partial charge in [0.25, 0.3) is 0 Å². The first-order valence-corrected chi connectivity index (χ1v) is 9.94. The van der Waals surface area contributed by atoms with Crippen LogP contribution in [0.4, 0.5) is 20.2 Å². The Morgan fingerprint density at radius 3 is 1.77 bits per heavy atom. The molecule has 0 atom stereocenters. The van der Waals surface area contributed by atoms with Crippen molar-refractivity contribution >= 4 is 35.0 Å². The van der Waals surface area contributed by atoms with Gasteiger partial charge in [-0.25, -0.2) is 14.4 Å². The molecule has 1 N–H and O–H groups in total. The third-order valence-electron chi connectivity index (χ3n) is 4.04. The number of carboxylic acid groups (broad SMARTS) is 1. The number of imide groups is 1. The lowest BCUT2D eigenvalue weighted by molar-refractivity contribution is 0.0428. The highest BCUT2D eigenvalue weighted by atomic mass is 16.6. The Morgan fingerprint density at radius 1 is 0.903 bits per heavy atom. The fraction of sp³-hybridized carbons (Fsp3) is 0.545. The molecule has 0 fully saturated rings. The number of hydrogen-bond acceptors (Lipinski definition) is 6. The van der Waals surface area contributed by atoms with E-state index in [4.69, 9.17) is 9.47 Å². The van der Waals surface area contributed by atoms with Crippen molar-refractivity contribution in [1.29, 1.82) is 0 Å². The van der Waals surface area contributed by atoms with Crippen LogP contribution in [0.2, 0.25) is 0 Å². The highest BCUT2D eigenvalue weighted by Gasteiger charge is 2.37. The molecule has 2 amide bonds. The van der Waals surface area contributed by atoms with Crippen LogP contribution in [0.25, 0.3) is 10.9 Å². The summed E-state index contributed by atoms with van der Waals surface area (Å²) in [6.07, 6.45) is -3.37. The second kappa shape index (κ2) is 7.86. The average molecular weight is 434 g/mol. The minimum Gasteiger partial charge on any atom is -0.463 e. The molecule has 0 aliphatic carbocycles. The molecular weight excluding hydrogens is 402 g/mol. The molecule has 0 saturated heterocycles. The van der Waals surface area contributed by atoms with Crippen molar-refractivity contribution in [3.8, 4) is 0 Å². The second-order valence-electron chi connectivity index (χ2n) is 10.3. The van der Waals surface area contributed by atoms with E-state index in [9.17, 15) is 19.5 Å². The fourth-order valence-electron chi connectivity index (χ4n) is 2.94. The van der Waals surface area contributed by atoms with Crippen molar-refractivity contribution in [2.75, 3.05) is 4.90 Å². The van der Waals surface area contributed by atoms with E-state index in [-0.39, 0.29) is 11.3 Å². The molecule has 9 heteroatoms. The molecule has 0 aliphatic heterocycles. The number of benzene rings is 1. The van der Waals surface area contributed by atoms with Crippen molar-refractivity contribution in [1.82, 2.24) is 9.78 Å². The minimum atomic E-state index is -1.35. The molecular formula is C22H31N3O6. The largest absolute Gasteiger partial charge is 0.463 e. The molecule has 0 unspecified atom stereocenters. The number of carbonyl (C=O) groups is 3. The van der Waals surface area contributed by atoms with E-state index in [0.717, 1.165) is 4.68 Å². The van der Waals surface area contributed by atoms with E-state index >= 15 is 0 Å². The molecule has 9 nitrogen and oxygen atoms in total. The average Bonchev–Trinajstić information content (AvgIpc) is 2.90. The lowest BCUT2D eigenvalue weighted by Gasteiger charge is -2.28. The smallest absolute Gasteiger partial charge is 0.432 e. The normalized spacial score (nSPS) is 12.5. The van der Waals surface area contributed by atoms with E-state index in [1.165, 1.54) is 0 Å². The topological polar surface area (TPSA) is 111 Å². The number of nitrogens with zero attached hydrogens (tertiary/aromatic N) is 3. The Balaban J connectivity index is 2.86. The molecule has 0 spiro atoms. The molecule has 31 heavy (non-hydrogen) atoms. The summed E-state index contributed by atoms with van der Waals surface area (Å²) in [4.78, 5) is 38.7. The van der Waals surface area contributed by atoms with Crippen molar-refractivity contribution in [3.63, 3.8) is 0 Å². The minimum absolute atomic E-state index is 0.161.